The van der Waals surface area contributed by atoms with Gasteiger partial charge in [-0.25, -0.2) is 0 Å². The van der Waals surface area contributed by atoms with Crippen LogP contribution >= 0.6 is 0 Å². The van der Waals surface area contributed by atoms with Crippen LogP contribution < -0.4 is 0 Å². The molecular formula is C22H66N2O4Si9. The number of rotatable bonds is 14. The zero-order chi connectivity index (χ0) is 30.5. The van der Waals surface area contributed by atoms with Gasteiger partial charge in [0.1, 0.15) is 32.9 Å². The summed E-state index contributed by atoms with van der Waals surface area (Å²) >= 11 is 0. The molecule has 0 atom stereocenters. The van der Waals surface area contributed by atoms with Gasteiger partial charge in [0, 0.05) is 0 Å². The predicted molar refractivity (Wildman–Crippen MR) is 189 cm³/mol. The smallest absolute Gasteiger partial charge is 0.314 e. The van der Waals surface area contributed by atoms with Crippen molar-refractivity contribution in [3.05, 3.63) is 0 Å². The second kappa shape index (κ2) is 11.8. The normalized spacial score (nSPS) is 16.2. The quantitative estimate of drug-likeness (QED) is 0.172. The molecule has 0 bridgehead atoms. The van der Waals surface area contributed by atoms with Crippen LogP contribution in [0.4, 0.5) is 0 Å². The maximum Gasteiger partial charge on any atom is 0.314 e. The second-order valence-electron chi connectivity index (χ2n) is 16.9. The summed E-state index contributed by atoms with van der Waals surface area (Å²) in [6.07, 6.45) is 0. The third-order valence-corrected chi connectivity index (χ3v) is 51.6. The highest BCUT2D eigenvalue weighted by molar-refractivity contribution is 7.05. The Morgan fingerprint density at radius 3 is 0.595 bits per heavy atom. The molecule has 0 aromatic rings. The fourth-order valence-electron chi connectivity index (χ4n) is 7.78. The lowest BCUT2D eigenvalue weighted by Gasteiger charge is -2.54. The van der Waals surface area contributed by atoms with E-state index in [4.69, 9.17) is 16.5 Å². The molecule has 0 aliphatic carbocycles. The Morgan fingerprint density at radius 2 is 0.432 bits per heavy atom. The van der Waals surface area contributed by atoms with E-state index >= 15 is 0 Å². The second-order valence-corrected chi connectivity index (χ2v) is 57.0. The SMILES string of the molecule is C[Si](C)(O[Si](C)(C)O[Si](C)(C)N([Si](C)(C)C)[Si](C)(C)C)O[Si](C)(C)O[Si](C)(C)N([Si](C)(C)C)[Si](C)(C)C. The van der Waals surface area contributed by atoms with E-state index in [9.17, 15) is 0 Å². The van der Waals surface area contributed by atoms with Gasteiger partial charge in [0.2, 0.25) is 17.0 Å². The lowest BCUT2D eigenvalue weighted by Crippen LogP contribution is -2.73. The summed E-state index contributed by atoms with van der Waals surface area (Å²) in [7, 11) is -17.9. The molecule has 0 saturated carbocycles. The predicted octanol–water partition coefficient (Wildman–Crippen LogP) is 8.51. The van der Waals surface area contributed by atoms with Gasteiger partial charge in [-0.15, -0.1) is 0 Å². The van der Waals surface area contributed by atoms with Crippen molar-refractivity contribution in [1.29, 1.82) is 0 Å². The highest BCUT2D eigenvalue weighted by Gasteiger charge is 2.53. The number of hydrogen-bond acceptors (Lipinski definition) is 6. The van der Waals surface area contributed by atoms with Gasteiger partial charge >= 0.3 is 25.7 Å². The number of nitrogens with zero attached hydrogens (tertiary/aromatic N) is 2. The minimum absolute atomic E-state index is 1.55. The van der Waals surface area contributed by atoms with Crippen LogP contribution in [-0.4, -0.2) is 83.4 Å². The lowest BCUT2D eigenvalue weighted by molar-refractivity contribution is 0.292. The molecule has 0 aliphatic rings. The molecule has 0 aliphatic heterocycles. The van der Waals surface area contributed by atoms with E-state index in [0.717, 1.165) is 0 Å². The van der Waals surface area contributed by atoms with Crippen molar-refractivity contribution < 1.29 is 16.5 Å². The molecule has 224 valence electrons. The Kier molecular flexibility index (Phi) is 12.3. The van der Waals surface area contributed by atoms with E-state index in [1.807, 2.05) is 0 Å². The molecular weight excluding hydrogens is 609 g/mol. The van der Waals surface area contributed by atoms with Crippen molar-refractivity contribution in [2.45, 2.75) is 144 Å². The van der Waals surface area contributed by atoms with Gasteiger partial charge in [-0.2, -0.15) is 0 Å². The van der Waals surface area contributed by atoms with E-state index in [1.54, 1.807) is 0 Å². The van der Waals surface area contributed by atoms with Crippen LogP contribution in [0.25, 0.3) is 0 Å². The first-order valence-electron chi connectivity index (χ1n) is 14.0. The van der Waals surface area contributed by atoms with Crippen LogP contribution in [0, 0.1) is 0 Å². The molecule has 37 heavy (non-hydrogen) atoms. The molecule has 0 saturated heterocycles. The molecule has 0 fully saturated rings. The van der Waals surface area contributed by atoms with E-state index in [2.05, 4.69) is 152 Å². The highest BCUT2D eigenvalue weighted by Crippen LogP contribution is 2.34. The first-order valence-corrected chi connectivity index (χ1v) is 41.9. The molecule has 15 heteroatoms. The van der Waals surface area contributed by atoms with E-state index in [1.165, 1.54) is 0 Å². The van der Waals surface area contributed by atoms with Crippen molar-refractivity contribution in [3.63, 3.8) is 0 Å². The minimum atomic E-state index is -2.50. The van der Waals surface area contributed by atoms with Gasteiger partial charge in [0.15, 0.2) is 0 Å². The highest BCUT2D eigenvalue weighted by atomic mass is 28.5. The van der Waals surface area contributed by atoms with Crippen LogP contribution in [0.15, 0.2) is 0 Å². The van der Waals surface area contributed by atoms with Crippen LogP contribution in [0.5, 0.6) is 0 Å². The summed E-state index contributed by atoms with van der Waals surface area (Å²) in [6.45, 7) is 52.3. The maximum absolute atomic E-state index is 7.11. The van der Waals surface area contributed by atoms with Crippen molar-refractivity contribution in [1.82, 2.24) is 7.79 Å². The van der Waals surface area contributed by atoms with Gasteiger partial charge in [-0.05, 0) is 65.5 Å². The Bertz CT molecular complexity index is 676. The Hall–Kier alpha value is 1.71. The van der Waals surface area contributed by atoms with E-state index < -0.39 is 75.6 Å². The van der Waals surface area contributed by atoms with Crippen molar-refractivity contribution >= 4 is 75.6 Å². The van der Waals surface area contributed by atoms with Gasteiger partial charge in [-0.3, -0.25) is 0 Å². The molecule has 6 nitrogen and oxygen atoms in total. The number of hydrogen-bond donors (Lipinski definition) is 0. The molecule has 0 aromatic carbocycles. The molecule has 0 heterocycles. The summed E-state index contributed by atoms with van der Waals surface area (Å²) in [6, 6.07) is 0. The van der Waals surface area contributed by atoms with Crippen molar-refractivity contribution in [2.75, 3.05) is 0 Å². The van der Waals surface area contributed by atoms with Gasteiger partial charge in [-0.1, -0.05) is 78.6 Å². The molecule has 0 rings (SSSR count). The van der Waals surface area contributed by atoms with E-state index in [0.29, 0.717) is 0 Å². The summed E-state index contributed by atoms with van der Waals surface area (Å²) < 4.78 is 33.8. The Balaban J connectivity index is 5.89. The third-order valence-electron chi connectivity index (χ3n) is 5.73. The summed E-state index contributed by atoms with van der Waals surface area (Å²) in [5.41, 5.74) is 0. The van der Waals surface area contributed by atoms with Crippen LogP contribution in [0.1, 0.15) is 0 Å². The molecule has 0 N–H and O–H groups in total. The molecule has 0 unspecified atom stereocenters. The van der Waals surface area contributed by atoms with E-state index in [-0.39, 0.29) is 0 Å². The maximum atomic E-state index is 7.11. The average molecular weight is 676 g/mol. The van der Waals surface area contributed by atoms with Crippen LogP contribution in [0.3, 0.4) is 0 Å². The fraction of sp³-hybridized carbons (Fsp3) is 1.00. The van der Waals surface area contributed by atoms with Gasteiger partial charge in [0.05, 0.1) is 0 Å². The first-order chi connectivity index (χ1) is 15.6. The monoisotopic (exact) mass is 674 g/mol. The van der Waals surface area contributed by atoms with Crippen LogP contribution in [0.2, 0.25) is 144 Å². The molecule has 0 aromatic heterocycles. The molecule has 0 radical (unpaired) electrons. The van der Waals surface area contributed by atoms with Gasteiger partial charge < -0.3 is 24.3 Å². The lowest BCUT2D eigenvalue weighted by atomic mass is 11.8. The summed E-state index contributed by atoms with van der Waals surface area (Å²) in [5.74, 6) is 0. The zero-order valence-electron chi connectivity index (χ0n) is 29.0. The van der Waals surface area contributed by atoms with Crippen molar-refractivity contribution in [2.24, 2.45) is 0 Å². The molecule has 0 amide bonds. The topological polar surface area (TPSA) is 43.4 Å². The van der Waals surface area contributed by atoms with Crippen molar-refractivity contribution in [3.8, 4) is 0 Å². The minimum Gasteiger partial charge on any atom is -0.425 e. The Labute approximate surface area is 242 Å². The summed E-state index contributed by atoms with van der Waals surface area (Å²) in [5, 5.41) is 0. The average Bonchev–Trinajstić information content (AvgIpc) is 2.30. The standard InChI is InChI=1S/C22H66N2O4Si9/c1-29(2,3)23(30(4,5)6)33(13,14)25-35(17,18)27-37(21,22)28-36(19,20)26-34(15,16)24(31(7,8)9)32(10,11)12/h1-22H3. The first kappa shape index (κ1) is 38.7. The zero-order valence-corrected chi connectivity index (χ0v) is 38.0. The third kappa shape index (κ3) is 12.6. The Morgan fingerprint density at radius 1 is 0.270 bits per heavy atom. The van der Waals surface area contributed by atoms with Crippen LogP contribution in [-0.2, 0) is 16.5 Å². The molecule has 0 spiro atoms. The summed E-state index contributed by atoms with van der Waals surface area (Å²) in [4.78, 5) is 0. The fourth-order valence-corrected chi connectivity index (χ4v) is 72.8. The largest absolute Gasteiger partial charge is 0.425 e. The van der Waals surface area contributed by atoms with Gasteiger partial charge in [0.25, 0.3) is 0 Å².